The fourth-order valence-electron chi connectivity index (χ4n) is 2.47. The maximum absolute atomic E-state index is 12.9. The van der Waals surface area contributed by atoms with E-state index in [1.807, 2.05) is 39.8 Å². The summed E-state index contributed by atoms with van der Waals surface area (Å²) in [5, 5.41) is 2.80. The van der Waals surface area contributed by atoms with Gasteiger partial charge in [-0.25, -0.2) is 4.98 Å². The lowest BCUT2D eigenvalue weighted by Gasteiger charge is -2.23. The Bertz CT molecular complexity index is 769. The fourth-order valence-corrected chi connectivity index (χ4v) is 2.74. The molecule has 2 rings (SSSR count). The van der Waals surface area contributed by atoms with Gasteiger partial charge in [-0.1, -0.05) is 43.6 Å². The fraction of sp³-hybridized carbons (Fsp3) is 0.450. The lowest BCUT2D eigenvalue weighted by molar-refractivity contribution is 0.0706. The van der Waals surface area contributed by atoms with Crippen LogP contribution in [0.15, 0.2) is 39.4 Å². The summed E-state index contributed by atoms with van der Waals surface area (Å²) in [6.07, 6.45) is 1.34. The second-order valence-electron chi connectivity index (χ2n) is 7.32. The van der Waals surface area contributed by atoms with Crippen molar-refractivity contribution in [3.63, 3.8) is 0 Å². The van der Waals surface area contributed by atoms with Crippen molar-refractivity contribution < 1.29 is 14.0 Å². The molecule has 1 aromatic heterocycles. The number of aromatic nitrogens is 1. The summed E-state index contributed by atoms with van der Waals surface area (Å²) in [4.78, 5) is 30.9. The molecule has 0 bridgehead atoms. The highest BCUT2D eigenvalue weighted by Gasteiger charge is 2.21. The molecule has 1 N–H and O–H groups in total. The van der Waals surface area contributed by atoms with Crippen LogP contribution in [0.2, 0.25) is 0 Å². The number of benzene rings is 1. The van der Waals surface area contributed by atoms with Crippen molar-refractivity contribution in [2.24, 2.45) is 11.8 Å². The Labute approximate surface area is 168 Å². The maximum atomic E-state index is 12.9. The Hall–Kier alpha value is -2.15. The van der Waals surface area contributed by atoms with Gasteiger partial charge >= 0.3 is 0 Å². The minimum Gasteiger partial charge on any atom is -0.446 e. The number of hydrogen-bond donors (Lipinski definition) is 1. The predicted molar refractivity (Wildman–Crippen MR) is 107 cm³/mol. The van der Waals surface area contributed by atoms with Crippen LogP contribution in [0.25, 0.3) is 0 Å². The summed E-state index contributed by atoms with van der Waals surface area (Å²) >= 11 is 3.38. The Morgan fingerprint density at radius 1 is 1.15 bits per heavy atom. The van der Waals surface area contributed by atoms with Crippen LogP contribution in [-0.2, 0) is 6.54 Å². The van der Waals surface area contributed by atoms with Crippen LogP contribution >= 0.6 is 15.9 Å². The van der Waals surface area contributed by atoms with Crippen molar-refractivity contribution in [3.05, 3.63) is 52.1 Å². The van der Waals surface area contributed by atoms with E-state index < -0.39 is 0 Å². The lowest BCUT2D eigenvalue weighted by Crippen LogP contribution is -2.34. The van der Waals surface area contributed by atoms with Crippen LogP contribution in [0.1, 0.15) is 54.4 Å². The maximum Gasteiger partial charge on any atom is 0.273 e. The van der Waals surface area contributed by atoms with Crippen LogP contribution in [0.3, 0.4) is 0 Å². The van der Waals surface area contributed by atoms with E-state index in [0.717, 1.165) is 4.47 Å². The largest absolute Gasteiger partial charge is 0.446 e. The number of oxazole rings is 1. The molecule has 0 fully saturated rings. The Kier molecular flexibility index (Phi) is 7.59. The first-order valence-corrected chi connectivity index (χ1v) is 9.83. The summed E-state index contributed by atoms with van der Waals surface area (Å²) < 4.78 is 6.35. The van der Waals surface area contributed by atoms with E-state index in [2.05, 4.69) is 26.2 Å². The second kappa shape index (κ2) is 9.69. The van der Waals surface area contributed by atoms with Crippen molar-refractivity contribution in [2.45, 2.75) is 34.2 Å². The van der Waals surface area contributed by atoms with Gasteiger partial charge in [-0.15, -0.1) is 0 Å². The molecule has 0 spiro atoms. The van der Waals surface area contributed by atoms with Gasteiger partial charge in [0.1, 0.15) is 6.26 Å². The van der Waals surface area contributed by atoms with Gasteiger partial charge in [0, 0.05) is 23.1 Å². The third-order valence-electron chi connectivity index (χ3n) is 3.75. The van der Waals surface area contributed by atoms with E-state index in [1.165, 1.54) is 6.26 Å². The smallest absolute Gasteiger partial charge is 0.273 e. The van der Waals surface area contributed by atoms with Gasteiger partial charge < -0.3 is 14.6 Å². The highest BCUT2D eigenvalue weighted by Crippen LogP contribution is 2.15. The predicted octanol–water partition coefficient (Wildman–Crippen LogP) is 4.12. The van der Waals surface area contributed by atoms with Crippen molar-refractivity contribution in [1.29, 1.82) is 0 Å². The minimum atomic E-state index is -0.270. The Morgan fingerprint density at radius 3 is 2.41 bits per heavy atom. The first kappa shape index (κ1) is 21.2. The van der Waals surface area contributed by atoms with Crippen LogP contribution in [0.5, 0.6) is 0 Å². The molecule has 27 heavy (non-hydrogen) atoms. The van der Waals surface area contributed by atoms with Crippen LogP contribution in [0, 0.1) is 11.8 Å². The molecule has 1 aromatic carbocycles. The molecular formula is C20H26BrN3O3. The van der Waals surface area contributed by atoms with Gasteiger partial charge in [-0.3, -0.25) is 9.59 Å². The number of carbonyl (C=O) groups is 2. The van der Waals surface area contributed by atoms with E-state index in [0.29, 0.717) is 30.5 Å². The Morgan fingerprint density at radius 2 is 1.81 bits per heavy atom. The van der Waals surface area contributed by atoms with E-state index in [4.69, 9.17) is 4.42 Å². The average Bonchev–Trinajstić information content (AvgIpc) is 3.07. The molecule has 0 aliphatic carbocycles. The summed E-state index contributed by atoms with van der Waals surface area (Å²) in [5.41, 5.74) is 0.826. The standard InChI is InChI=1S/C20H26BrN3O3/c1-13(2)9-22-19(25)17-12-27-18(23-17)11-24(10-14(3)4)20(26)15-5-7-16(21)8-6-15/h5-8,12-14H,9-11H2,1-4H3,(H,22,25). The summed E-state index contributed by atoms with van der Waals surface area (Å²) in [7, 11) is 0. The number of halogens is 1. The molecule has 0 saturated heterocycles. The van der Waals surface area contributed by atoms with E-state index in [1.54, 1.807) is 17.0 Å². The molecule has 0 atom stereocenters. The number of amides is 2. The summed E-state index contributed by atoms with van der Waals surface area (Å²) in [5.74, 6) is 0.614. The number of carbonyl (C=O) groups excluding carboxylic acids is 2. The molecular weight excluding hydrogens is 410 g/mol. The lowest BCUT2D eigenvalue weighted by atomic mass is 10.1. The number of rotatable bonds is 8. The molecule has 0 unspecified atom stereocenters. The van der Waals surface area contributed by atoms with Gasteiger partial charge in [0.15, 0.2) is 5.69 Å². The summed E-state index contributed by atoms with van der Waals surface area (Å²) in [6.45, 7) is 9.47. The van der Waals surface area contributed by atoms with Crippen LogP contribution < -0.4 is 5.32 Å². The van der Waals surface area contributed by atoms with Crippen molar-refractivity contribution in [1.82, 2.24) is 15.2 Å². The van der Waals surface area contributed by atoms with Crippen molar-refractivity contribution in [2.75, 3.05) is 13.1 Å². The zero-order valence-electron chi connectivity index (χ0n) is 16.2. The first-order valence-electron chi connectivity index (χ1n) is 9.03. The topological polar surface area (TPSA) is 75.4 Å². The highest BCUT2D eigenvalue weighted by atomic mass is 79.9. The number of hydrogen-bond acceptors (Lipinski definition) is 4. The zero-order valence-corrected chi connectivity index (χ0v) is 17.7. The normalized spacial score (nSPS) is 11.1. The first-order chi connectivity index (χ1) is 12.8. The van der Waals surface area contributed by atoms with E-state index >= 15 is 0 Å². The summed E-state index contributed by atoms with van der Waals surface area (Å²) in [6, 6.07) is 7.23. The minimum absolute atomic E-state index is 0.0970. The van der Waals surface area contributed by atoms with E-state index in [-0.39, 0.29) is 30.0 Å². The molecule has 0 radical (unpaired) electrons. The molecule has 7 heteroatoms. The van der Waals surface area contributed by atoms with Gasteiger partial charge in [0.2, 0.25) is 5.89 Å². The SMILES string of the molecule is CC(C)CNC(=O)c1coc(CN(CC(C)C)C(=O)c2ccc(Br)cc2)n1. The second-order valence-corrected chi connectivity index (χ2v) is 8.23. The monoisotopic (exact) mass is 435 g/mol. The molecule has 1 heterocycles. The highest BCUT2D eigenvalue weighted by molar-refractivity contribution is 9.10. The third-order valence-corrected chi connectivity index (χ3v) is 4.27. The zero-order chi connectivity index (χ0) is 20.0. The number of nitrogens with zero attached hydrogens (tertiary/aromatic N) is 2. The van der Waals surface area contributed by atoms with Gasteiger partial charge in [0.25, 0.3) is 11.8 Å². The van der Waals surface area contributed by atoms with Crippen LogP contribution in [0.4, 0.5) is 0 Å². The average molecular weight is 436 g/mol. The third kappa shape index (κ3) is 6.50. The molecule has 0 aliphatic rings. The molecule has 6 nitrogen and oxygen atoms in total. The quantitative estimate of drug-likeness (QED) is 0.676. The van der Waals surface area contributed by atoms with Gasteiger partial charge in [-0.05, 0) is 36.1 Å². The molecule has 146 valence electrons. The molecule has 2 amide bonds. The molecule has 0 saturated carbocycles. The van der Waals surface area contributed by atoms with Gasteiger partial charge in [-0.2, -0.15) is 0 Å². The van der Waals surface area contributed by atoms with E-state index in [9.17, 15) is 9.59 Å². The van der Waals surface area contributed by atoms with Crippen LogP contribution in [-0.4, -0.2) is 34.8 Å². The molecule has 0 aliphatic heterocycles. The molecule has 2 aromatic rings. The number of nitrogens with one attached hydrogen (secondary N) is 1. The Balaban J connectivity index is 2.11. The van der Waals surface area contributed by atoms with Gasteiger partial charge in [0.05, 0.1) is 6.54 Å². The van der Waals surface area contributed by atoms with Crippen molar-refractivity contribution in [3.8, 4) is 0 Å². The van der Waals surface area contributed by atoms with Crippen molar-refractivity contribution >= 4 is 27.7 Å².